The van der Waals surface area contributed by atoms with Crippen molar-refractivity contribution in [2.45, 2.75) is 6.42 Å². The lowest BCUT2D eigenvalue weighted by molar-refractivity contribution is -0.115. The van der Waals surface area contributed by atoms with Gasteiger partial charge in [0.05, 0.1) is 10.5 Å². The first-order chi connectivity index (χ1) is 9.01. The summed E-state index contributed by atoms with van der Waals surface area (Å²) in [5, 5.41) is 30.2. The Hall–Kier alpha value is -2.04. The summed E-state index contributed by atoms with van der Waals surface area (Å²) in [5.41, 5.74) is 0.609. The molecule has 0 atom stereocenters. The summed E-state index contributed by atoms with van der Waals surface area (Å²) in [4.78, 5) is 11.9. The summed E-state index contributed by atoms with van der Waals surface area (Å²) in [6, 6.07) is 4.59. The van der Waals surface area contributed by atoms with Gasteiger partial charge in [0.15, 0.2) is 11.5 Å². The van der Waals surface area contributed by atoms with E-state index in [1.807, 2.05) is 0 Å². The van der Waals surface area contributed by atoms with Crippen LogP contribution in [0.2, 0.25) is 0 Å². The molecule has 1 amide bonds. The summed E-state index contributed by atoms with van der Waals surface area (Å²) in [6.07, 6.45) is 2.01. The molecule has 0 aromatic heterocycles. The van der Waals surface area contributed by atoms with Crippen LogP contribution in [0.3, 0.4) is 0 Å². The van der Waals surface area contributed by atoms with E-state index >= 15 is 0 Å². The number of carbonyl (C=O) groups excluding carboxylic acids is 1. The molecule has 19 heavy (non-hydrogen) atoms. The van der Waals surface area contributed by atoms with Gasteiger partial charge in [-0.15, -0.1) is 0 Å². The first kappa shape index (κ1) is 13.4. The first-order valence-corrected chi connectivity index (χ1v) is 6.42. The van der Waals surface area contributed by atoms with E-state index in [-0.39, 0.29) is 17.2 Å². The minimum Gasteiger partial charge on any atom is -0.504 e. The number of thioether (sulfide) groups is 1. The van der Waals surface area contributed by atoms with Gasteiger partial charge in [0.2, 0.25) is 0 Å². The highest BCUT2D eigenvalue weighted by Gasteiger charge is 2.21. The molecule has 0 unspecified atom stereocenters. The van der Waals surface area contributed by atoms with Gasteiger partial charge in [-0.2, -0.15) is 5.26 Å². The van der Waals surface area contributed by atoms with E-state index in [9.17, 15) is 15.0 Å². The van der Waals surface area contributed by atoms with Gasteiger partial charge in [0.25, 0.3) is 5.91 Å². The predicted molar refractivity (Wildman–Crippen MR) is 74.6 cm³/mol. The number of carbonyl (C=O) groups is 1. The fourth-order valence-corrected chi connectivity index (χ4v) is 2.57. The van der Waals surface area contributed by atoms with Crippen LogP contribution in [0.4, 0.5) is 0 Å². The molecule has 0 spiro atoms. The van der Waals surface area contributed by atoms with Crippen molar-refractivity contribution in [3.8, 4) is 17.6 Å². The van der Waals surface area contributed by atoms with Crippen molar-refractivity contribution in [3.05, 3.63) is 34.2 Å². The highest BCUT2D eigenvalue weighted by atomic mass is 32.2. The lowest BCUT2D eigenvalue weighted by atomic mass is 10.1. The molecule has 1 aliphatic rings. The van der Waals surface area contributed by atoms with Crippen LogP contribution in [0.5, 0.6) is 11.5 Å². The maximum absolute atomic E-state index is 11.4. The predicted octanol–water partition coefficient (Wildman–Crippen LogP) is 1.54. The third-order valence-electron chi connectivity index (χ3n) is 2.44. The average molecular weight is 292 g/mol. The molecule has 5 nitrogen and oxygen atoms in total. The molecule has 0 radical (unpaired) electrons. The summed E-state index contributed by atoms with van der Waals surface area (Å²) in [6.45, 7) is 0. The molecule has 1 saturated heterocycles. The van der Waals surface area contributed by atoms with Crippen LogP contribution in [-0.2, 0) is 11.2 Å². The van der Waals surface area contributed by atoms with E-state index in [0.29, 0.717) is 21.2 Å². The standard InChI is InChI=1S/C12H8N2O3S2/c13-5-7-3-6(4-8(15)10(7)16)1-2-9-11(17)14-12(18)19-9/h2-4,15-16H,1H2,(H,14,17,18). The zero-order valence-electron chi connectivity index (χ0n) is 9.51. The number of nitrogens with zero attached hydrogens (tertiary/aromatic N) is 1. The molecule has 1 aromatic carbocycles. The summed E-state index contributed by atoms with van der Waals surface area (Å²) >= 11 is 6.02. The topological polar surface area (TPSA) is 93.4 Å². The number of rotatable bonds is 2. The number of amides is 1. The summed E-state index contributed by atoms with van der Waals surface area (Å²) < 4.78 is 0.405. The van der Waals surface area contributed by atoms with Gasteiger partial charge in [0, 0.05) is 0 Å². The van der Waals surface area contributed by atoms with Gasteiger partial charge in [0.1, 0.15) is 10.4 Å². The van der Waals surface area contributed by atoms with E-state index in [2.05, 4.69) is 5.32 Å². The Balaban J connectivity index is 2.24. The van der Waals surface area contributed by atoms with Crippen molar-refractivity contribution >= 4 is 34.2 Å². The molecule has 1 fully saturated rings. The van der Waals surface area contributed by atoms with Crippen molar-refractivity contribution in [2.75, 3.05) is 0 Å². The number of thiocarbonyl (C=S) groups is 1. The van der Waals surface area contributed by atoms with Crippen LogP contribution >= 0.6 is 24.0 Å². The van der Waals surface area contributed by atoms with E-state index in [0.717, 1.165) is 0 Å². The average Bonchev–Trinajstić information content (AvgIpc) is 2.69. The van der Waals surface area contributed by atoms with Crippen molar-refractivity contribution in [1.29, 1.82) is 5.26 Å². The highest BCUT2D eigenvalue weighted by molar-refractivity contribution is 8.26. The van der Waals surface area contributed by atoms with E-state index in [1.165, 1.54) is 23.9 Å². The quantitative estimate of drug-likeness (QED) is 0.435. The second kappa shape index (κ2) is 5.30. The van der Waals surface area contributed by atoms with Crippen LogP contribution < -0.4 is 5.32 Å². The Morgan fingerprint density at radius 2 is 2.21 bits per heavy atom. The van der Waals surface area contributed by atoms with Crippen LogP contribution in [0, 0.1) is 11.3 Å². The van der Waals surface area contributed by atoms with Crippen LogP contribution in [0.25, 0.3) is 0 Å². The fraction of sp³-hybridized carbons (Fsp3) is 0.0833. The van der Waals surface area contributed by atoms with Crippen LogP contribution in [0.15, 0.2) is 23.1 Å². The Bertz CT molecular complexity index is 647. The number of nitriles is 1. The Morgan fingerprint density at radius 3 is 2.79 bits per heavy atom. The molecule has 1 aromatic rings. The fourth-order valence-electron chi connectivity index (χ4n) is 1.55. The number of benzene rings is 1. The smallest absolute Gasteiger partial charge is 0.263 e. The molecule has 0 bridgehead atoms. The molecule has 3 N–H and O–H groups in total. The number of hydrogen-bond acceptors (Lipinski definition) is 6. The lowest BCUT2D eigenvalue weighted by Gasteiger charge is -2.03. The molecular formula is C12H8N2O3S2. The molecular weight excluding hydrogens is 284 g/mol. The SMILES string of the molecule is N#Cc1cc(CC=C2SC(=S)NC2=O)cc(O)c1O. The number of allylic oxidation sites excluding steroid dienone is 1. The third kappa shape index (κ3) is 2.86. The Morgan fingerprint density at radius 1 is 1.47 bits per heavy atom. The molecule has 1 heterocycles. The number of aromatic hydroxyl groups is 2. The van der Waals surface area contributed by atoms with Crippen molar-refractivity contribution in [3.63, 3.8) is 0 Å². The second-order valence-corrected chi connectivity index (χ2v) is 5.46. The van der Waals surface area contributed by atoms with Crippen LogP contribution in [-0.4, -0.2) is 20.4 Å². The summed E-state index contributed by atoms with van der Waals surface area (Å²) in [7, 11) is 0. The monoisotopic (exact) mass is 292 g/mol. The molecule has 7 heteroatoms. The minimum absolute atomic E-state index is 0.00699. The zero-order valence-corrected chi connectivity index (χ0v) is 11.1. The summed E-state index contributed by atoms with van der Waals surface area (Å²) in [5.74, 6) is -1.04. The normalized spacial score (nSPS) is 16.5. The highest BCUT2D eigenvalue weighted by Crippen LogP contribution is 2.31. The van der Waals surface area contributed by atoms with E-state index in [1.54, 1.807) is 12.1 Å². The van der Waals surface area contributed by atoms with Crippen molar-refractivity contribution in [1.82, 2.24) is 5.32 Å². The van der Waals surface area contributed by atoms with Gasteiger partial charge >= 0.3 is 0 Å². The largest absolute Gasteiger partial charge is 0.504 e. The first-order valence-electron chi connectivity index (χ1n) is 5.19. The minimum atomic E-state index is -0.437. The second-order valence-electron chi connectivity index (χ2n) is 3.74. The lowest BCUT2D eigenvalue weighted by Crippen LogP contribution is -2.17. The maximum Gasteiger partial charge on any atom is 0.263 e. The number of phenolic OH excluding ortho intramolecular Hbond substituents is 2. The third-order valence-corrected chi connectivity index (χ3v) is 3.65. The molecule has 0 aliphatic carbocycles. The van der Waals surface area contributed by atoms with Gasteiger partial charge in [-0.1, -0.05) is 30.1 Å². The molecule has 96 valence electrons. The number of hydrogen-bond donors (Lipinski definition) is 3. The number of phenols is 2. The van der Waals surface area contributed by atoms with Gasteiger partial charge in [-0.05, 0) is 24.1 Å². The van der Waals surface area contributed by atoms with Crippen molar-refractivity contribution in [2.24, 2.45) is 0 Å². The van der Waals surface area contributed by atoms with E-state index < -0.39 is 5.75 Å². The Labute approximate surface area is 118 Å². The van der Waals surface area contributed by atoms with Crippen molar-refractivity contribution < 1.29 is 15.0 Å². The maximum atomic E-state index is 11.4. The number of nitrogens with one attached hydrogen (secondary N) is 1. The van der Waals surface area contributed by atoms with Crippen LogP contribution in [0.1, 0.15) is 11.1 Å². The zero-order chi connectivity index (χ0) is 14.0. The molecule has 1 aliphatic heterocycles. The van der Waals surface area contributed by atoms with Gasteiger partial charge < -0.3 is 15.5 Å². The Kier molecular flexibility index (Phi) is 3.74. The molecule has 2 rings (SSSR count). The van der Waals surface area contributed by atoms with E-state index in [4.69, 9.17) is 17.5 Å². The molecule has 0 saturated carbocycles. The van der Waals surface area contributed by atoms with Gasteiger partial charge in [-0.25, -0.2) is 0 Å². The van der Waals surface area contributed by atoms with Gasteiger partial charge in [-0.3, -0.25) is 4.79 Å².